The molecule has 1 amide bonds. The molecule has 1 aliphatic heterocycles. The number of rotatable bonds is 2. The summed E-state index contributed by atoms with van der Waals surface area (Å²) >= 11 is 0. The third-order valence-corrected chi connectivity index (χ3v) is 3.26. The highest BCUT2D eigenvalue weighted by molar-refractivity contribution is 6.14. The Morgan fingerprint density at radius 1 is 1.47 bits per heavy atom. The lowest BCUT2D eigenvalue weighted by atomic mass is 9.99. The van der Waals surface area contributed by atoms with E-state index in [4.69, 9.17) is 5.73 Å². The van der Waals surface area contributed by atoms with Crippen LogP contribution in [-0.4, -0.2) is 16.6 Å². The summed E-state index contributed by atoms with van der Waals surface area (Å²) in [6, 6.07) is 3.36. The molecule has 5 heteroatoms. The Bertz CT molecular complexity index is 507. The molecule has 3 rings (SSSR count). The average molecular weight is 230 g/mol. The first-order chi connectivity index (χ1) is 8.16. The minimum absolute atomic E-state index is 0.0306. The number of pyridine rings is 1. The molecule has 2 aliphatic rings. The van der Waals surface area contributed by atoms with E-state index in [0.29, 0.717) is 17.4 Å². The van der Waals surface area contributed by atoms with Gasteiger partial charge in [0.1, 0.15) is 0 Å². The Hall–Kier alpha value is -1.91. The van der Waals surface area contributed by atoms with Gasteiger partial charge in [-0.3, -0.25) is 4.79 Å². The van der Waals surface area contributed by atoms with E-state index in [1.165, 1.54) is 5.01 Å². The summed E-state index contributed by atoms with van der Waals surface area (Å²) in [4.78, 5) is 16.4. The number of nitrogens with zero attached hydrogens (tertiary/aromatic N) is 3. The van der Waals surface area contributed by atoms with Gasteiger partial charge in [0.25, 0.3) is 5.91 Å². The zero-order valence-electron chi connectivity index (χ0n) is 9.63. The summed E-state index contributed by atoms with van der Waals surface area (Å²) in [6.45, 7) is 1.91. The molecular formula is C12H14N4O. The molecule has 88 valence electrons. The van der Waals surface area contributed by atoms with Gasteiger partial charge in [-0.1, -0.05) is 0 Å². The smallest absolute Gasteiger partial charge is 0.257 e. The molecule has 5 nitrogen and oxygen atoms in total. The van der Waals surface area contributed by atoms with E-state index in [2.05, 4.69) is 10.1 Å². The van der Waals surface area contributed by atoms with Gasteiger partial charge in [0.05, 0.1) is 5.92 Å². The molecule has 17 heavy (non-hydrogen) atoms. The van der Waals surface area contributed by atoms with Crippen LogP contribution >= 0.6 is 0 Å². The monoisotopic (exact) mass is 230 g/mol. The molecule has 1 aromatic rings. The second-order valence-electron chi connectivity index (χ2n) is 4.65. The molecule has 1 saturated carbocycles. The lowest BCUT2D eigenvalue weighted by Gasteiger charge is -2.13. The average Bonchev–Trinajstić information content (AvgIpc) is 3.06. The van der Waals surface area contributed by atoms with Crippen LogP contribution < -0.4 is 10.7 Å². The number of carbonyl (C=O) groups is 1. The van der Waals surface area contributed by atoms with Crippen LogP contribution in [0.1, 0.15) is 19.8 Å². The fourth-order valence-electron chi connectivity index (χ4n) is 2.27. The summed E-state index contributed by atoms with van der Waals surface area (Å²) in [6.07, 6.45) is 3.84. The molecule has 1 atom stereocenters. The van der Waals surface area contributed by atoms with Crippen molar-refractivity contribution < 1.29 is 4.79 Å². The van der Waals surface area contributed by atoms with E-state index in [9.17, 15) is 4.79 Å². The van der Waals surface area contributed by atoms with Gasteiger partial charge in [-0.05, 0) is 31.7 Å². The normalized spacial score (nSPS) is 24.1. The van der Waals surface area contributed by atoms with Gasteiger partial charge in [-0.25, -0.2) is 4.98 Å². The number of carbonyl (C=O) groups excluding carboxylic acids is 1. The molecule has 0 radical (unpaired) electrons. The minimum Gasteiger partial charge on any atom is -0.399 e. The zero-order valence-corrected chi connectivity index (χ0v) is 9.63. The van der Waals surface area contributed by atoms with Crippen molar-refractivity contribution in [1.29, 1.82) is 0 Å². The second-order valence-corrected chi connectivity index (χ2v) is 4.65. The number of nitrogen functional groups attached to an aromatic ring is 1. The summed E-state index contributed by atoms with van der Waals surface area (Å²) in [5.74, 6) is 0.983. The van der Waals surface area contributed by atoms with E-state index in [1.807, 2.05) is 6.92 Å². The van der Waals surface area contributed by atoms with Gasteiger partial charge < -0.3 is 5.73 Å². The zero-order chi connectivity index (χ0) is 12.0. The fourth-order valence-corrected chi connectivity index (χ4v) is 2.27. The Labute approximate surface area is 99.3 Å². The van der Waals surface area contributed by atoms with Crippen LogP contribution in [0.25, 0.3) is 0 Å². The van der Waals surface area contributed by atoms with Crippen molar-refractivity contribution in [2.24, 2.45) is 16.9 Å². The van der Waals surface area contributed by atoms with Crippen molar-refractivity contribution in [1.82, 2.24) is 4.98 Å². The van der Waals surface area contributed by atoms with Crippen LogP contribution in [0.3, 0.4) is 0 Å². The highest BCUT2D eigenvalue weighted by Crippen LogP contribution is 2.41. The second kappa shape index (κ2) is 3.55. The van der Waals surface area contributed by atoms with Gasteiger partial charge in [0.15, 0.2) is 5.82 Å². The Morgan fingerprint density at radius 3 is 2.88 bits per heavy atom. The van der Waals surface area contributed by atoms with Crippen molar-refractivity contribution in [3.63, 3.8) is 0 Å². The quantitative estimate of drug-likeness (QED) is 0.835. The van der Waals surface area contributed by atoms with Crippen LogP contribution in [0.2, 0.25) is 0 Å². The lowest BCUT2D eigenvalue weighted by molar-refractivity contribution is -0.120. The molecule has 0 saturated heterocycles. The standard InChI is InChI=1S/C12H14N4O/c1-7-11(8-2-3-8)12(17)16(15-7)10-6-9(13)4-5-14-10/h4-6,8,11H,2-3H2,1H3,(H2,13,14)/t11-/m1/s1. The van der Waals surface area contributed by atoms with E-state index in [1.54, 1.807) is 18.3 Å². The topological polar surface area (TPSA) is 71.6 Å². The van der Waals surface area contributed by atoms with Gasteiger partial charge in [0.2, 0.25) is 0 Å². The number of hydrogen-bond donors (Lipinski definition) is 1. The van der Waals surface area contributed by atoms with Crippen molar-refractivity contribution >= 4 is 23.1 Å². The third-order valence-electron chi connectivity index (χ3n) is 3.26. The summed E-state index contributed by atoms with van der Waals surface area (Å²) < 4.78 is 0. The maximum atomic E-state index is 12.2. The molecule has 1 aliphatic carbocycles. The van der Waals surface area contributed by atoms with E-state index in [-0.39, 0.29) is 11.8 Å². The number of hydrogen-bond acceptors (Lipinski definition) is 4. The summed E-state index contributed by atoms with van der Waals surface area (Å²) in [5, 5.41) is 5.69. The summed E-state index contributed by atoms with van der Waals surface area (Å²) in [7, 11) is 0. The Morgan fingerprint density at radius 2 is 2.24 bits per heavy atom. The fraction of sp³-hybridized carbons (Fsp3) is 0.417. The molecule has 0 bridgehead atoms. The van der Waals surface area contributed by atoms with Gasteiger partial charge in [-0.2, -0.15) is 10.1 Å². The molecule has 0 aromatic carbocycles. The van der Waals surface area contributed by atoms with Crippen molar-refractivity contribution in [3.05, 3.63) is 18.3 Å². The maximum absolute atomic E-state index is 12.2. The maximum Gasteiger partial charge on any atom is 0.257 e. The van der Waals surface area contributed by atoms with E-state index in [0.717, 1.165) is 18.6 Å². The van der Waals surface area contributed by atoms with Crippen molar-refractivity contribution in [2.75, 3.05) is 10.7 Å². The molecule has 1 aromatic heterocycles. The molecular weight excluding hydrogens is 216 g/mol. The SMILES string of the molecule is CC1=NN(c2cc(N)ccn2)C(=O)[C@H]1C1CC1. The first-order valence-corrected chi connectivity index (χ1v) is 5.77. The number of amides is 1. The van der Waals surface area contributed by atoms with E-state index >= 15 is 0 Å². The minimum atomic E-state index is -0.0433. The van der Waals surface area contributed by atoms with Gasteiger partial charge >= 0.3 is 0 Å². The molecule has 0 unspecified atom stereocenters. The van der Waals surface area contributed by atoms with Crippen LogP contribution in [0, 0.1) is 11.8 Å². The van der Waals surface area contributed by atoms with Crippen LogP contribution in [-0.2, 0) is 4.79 Å². The number of nitrogens with two attached hydrogens (primary N) is 1. The van der Waals surface area contributed by atoms with Crippen LogP contribution in [0.4, 0.5) is 11.5 Å². The Kier molecular flexibility index (Phi) is 2.14. The highest BCUT2D eigenvalue weighted by atomic mass is 16.2. The molecule has 2 N–H and O–H groups in total. The van der Waals surface area contributed by atoms with Crippen molar-refractivity contribution in [2.45, 2.75) is 19.8 Å². The first kappa shape index (κ1) is 10.3. The van der Waals surface area contributed by atoms with Gasteiger partial charge in [0, 0.05) is 23.7 Å². The summed E-state index contributed by atoms with van der Waals surface area (Å²) in [5.41, 5.74) is 7.17. The van der Waals surface area contributed by atoms with Crippen LogP contribution in [0.15, 0.2) is 23.4 Å². The largest absolute Gasteiger partial charge is 0.399 e. The predicted molar refractivity (Wildman–Crippen MR) is 65.5 cm³/mol. The predicted octanol–water partition coefficient (Wildman–Crippen LogP) is 1.41. The Balaban J connectivity index is 1.92. The van der Waals surface area contributed by atoms with Crippen molar-refractivity contribution in [3.8, 4) is 0 Å². The highest BCUT2D eigenvalue weighted by Gasteiger charge is 2.44. The van der Waals surface area contributed by atoms with Crippen LogP contribution in [0.5, 0.6) is 0 Å². The molecule has 2 heterocycles. The van der Waals surface area contributed by atoms with E-state index < -0.39 is 0 Å². The number of aromatic nitrogens is 1. The number of hydrazone groups is 1. The third kappa shape index (κ3) is 1.67. The first-order valence-electron chi connectivity index (χ1n) is 5.77. The lowest BCUT2D eigenvalue weighted by Crippen LogP contribution is -2.28. The van der Waals surface area contributed by atoms with Gasteiger partial charge in [-0.15, -0.1) is 0 Å². The molecule has 1 fully saturated rings. The molecule has 0 spiro atoms. The number of anilines is 2.